The first-order chi connectivity index (χ1) is 5.91. The lowest BCUT2D eigenvalue weighted by atomic mass is 9.97. The van der Waals surface area contributed by atoms with E-state index in [1.54, 1.807) is 32.1 Å². The van der Waals surface area contributed by atoms with E-state index in [1.165, 1.54) is 0 Å². The van der Waals surface area contributed by atoms with E-state index in [0.717, 1.165) is 17.0 Å². The number of rotatable bonds is 4. The second-order valence-corrected chi connectivity index (χ2v) is 3.85. The summed E-state index contributed by atoms with van der Waals surface area (Å²) in [7, 11) is 0. The molecule has 0 rings (SSSR count). The fourth-order valence-electron chi connectivity index (χ4n) is 0.826. The molecule has 0 aliphatic carbocycles. The molecule has 0 spiro atoms. The average molecular weight is 201 g/mol. The first kappa shape index (κ1) is 12.5. The van der Waals surface area contributed by atoms with E-state index in [9.17, 15) is 5.11 Å². The van der Waals surface area contributed by atoms with E-state index < -0.39 is 5.60 Å². The van der Waals surface area contributed by atoms with Crippen LogP contribution < -0.4 is 0 Å². The Balaban J connectivity index is 4.86. The molecule has 0 unspecified atom stereocenters. The van der Waals surface area contributed by atoms with Gasteiger partial charge in [0, 0.05) is 5.03 Å². The van der Waals surface area contributed by atoms with Crippen LogP contribution in [-0.4, -0.2) is 10.7 Å². The maximum absolute atomic E-state index is 9.73. The van der Waals surface area contributed by atoms with Crippen LogP contribution in [0.3, 0.4) is 0 Å². The van der Waals surface area contributed by atoms with Crippen molar-refractivity contribution in [3.63, 3.8) is 0 Å². The molecular weight excluding hydrogens is 184 g/mol. The van der Waals surface area contributed by atoms with Gasteiger partial charge in [0.1, 0.15) is 0 Å². The molecule has 0 heterocycles. The summed E-state index contributed by atoms with van der Waals surface area (Å²) in [6.45, 7) is 9.00. The molecule has 1 nitrogen and oxygen atoms in total. The maximum atomic E-state index is 9.73. The van der Waals surface area contributed by atoms with Crippen LogP contribution >= 0.6 is 11.6 Å². The predicted molar refractivity (Wildman–Crippen MR) is 58.8 cm³/mol. The number of hydrogen-bond donors (Lipinski definition) is 1. The number of aliphatic hydroxyl groups is 1. The molecule has 0 aromatic carbocycles. The van der Waals surface area contributed by atoms with Gasteiger partial charge >= 0.3 is 0 Å². The molecule has 0 aliphatic heterocycles. The summed E-state index contributed by atoms with van der Waals surface area (Å²) in [5, 5.41) is 10.5. The van der Waals surface area contributed by atoms with Crippen LogP contribution in [0.5, 0.6) is 0 Å². The first-order valence-corrected chi connectivity index (χ1v) is 4.71. The highest BCUT2D eigenvalue weighted by molar-refractivity contribution is 6.29. The second-order valence-electron chi connectivity index (χ2n) is 3.36. The summed E-state index contributed by atoms with van der Waals surface area (Å²) in [4.78, 5) is 0. The monoisotopic (exact) mass is 200 g/mol. The zero-order valence-electron chi connectivity index (χ0n) is 8.47. The van der Waals surface area contributed by atoms with E-state index in [4.69, 9.17) is 11.6 Å². The SMILES string of the molecule is C=C/C=C(\C=C(\Cl)CC)C(C)(C)O. The van der Waals surface area contributed by atoms with Crippen molar-refractivity contribution in [3.8, 4) is 0 Å². The third kappa shape index (κ3) is 4.91. The van der Waals surface area contributed by atoms with E-state index in [2.05, 4.69) is 6.58 Å². The highest BCUT2D eigenvalue weighted by atomic mass is 35.5. The minimum atomic E-state index is -0.872. The zero-order valence-corrected chi connectivity index (χ0v) is 9.23. The molecule has 0 atom stereocenters. The van der Waals surface area contributed by atoms with E-state index >= 15 is 0 Å². The molecule has 0 bridgehead atoms. The van der Waals surface area contributed by atoms with Crippen molar-refractivity contribution in [3.05, 3.63) is 35.4 Å². The van der Waals surface area contributed by atoms with Crippen molar-refractivity contribution in [1.29, 1.82) is 0 Å². The van der Waals surface area contributed by atoms with Gasteiger partial charge in [-0.05, 0) is 31.9 Å². The third-order valence-electron chi connectivity index (χ3n) is 1.65. The van der Waals surface area contributed by atoms with Gasteiger partial charge < -0.3 is 5.11 Å². The molecule has 0 saturated heterocycles. The van der Waals surface area contributed by atoms with Crippen LogP contribution in [0, 0.1) is 0 Å². The highest BCUT2D eigenvalue weighted by Crippen LogP contribution is 2.20. The molecule has 13 heavy (non-hydrogen) atoms. The number of allylic oxidation sites excluding steroid dienone is 3. The van der Waals surface area contributed by atoms with Gasteiger partial charge in [-0.1, -0.05) is 37.3 Å². The van der Waals surface area contributed by atoms with Crippen LogP contribution in [0.25, 0.3) is 0 Å². The molecule has 0 saturated carbocycles. The van der Waals surface area contributed by atoms with Gasteiger partial charge in [-0.2, -0.15) is 0 Å². The van der Waals surface area contributed by atoms with E-state index in [0.29, 0.717) is 0 Å². The summed E-state index contributed by atoms with van der Waals surface area (Å²) >= 11 is 5.88. The lowest BCUT2D eigenvalue weighted by molar-refractivity contribution is 0.123. The summed E-state index contributed by atoms with van der Waals surface area (Å²) in [6, 6.07) is 0. The zero-order chi connectivity index (χ0) is 10.5. The molecule has 2 heteroatoms. The van der Waals surface area contributed by atoms with Crippen LogP contribution in [-0.2, 0) is 0 Å². The summed E-state index contributed by atoms with van der Waals surface area (Å²) < 4.78 is 0. The molecule has 0 aromatic rings. The van der Waals surface area contributed by atoms with Crippen molar-refractivity contribution in [2.24, 2.45) is 0 Å². The molecule has 74 valence electrons. The van der Waals surface area contributed by atoms with Crippen LogP contribution in [0.15, 0.2) is 35.4 Å². The minimum Gasteiger partial charge on any atom is -0.386 e. The van der Waals surface area contributed by atoms with Gasteiger partial charge in [-0.25, -0.2) is 0 Å². The molecular formula is C11H17ClO. The predicted octanol–water partition coefficient (Wildman–Crippen LogP) is 3.40. The Morgan fingerprint density at radius 1 is 1.54 bits per heavy atom. The van der Waals surface area contributed by atoms with Crippen LogP contribution in [0.1, 0.15) is 27.2 Å². The second kappa shape index (κ2) is 5.25. The molecule has 0 aromatic heterocycles. The van der Waals surface area contributed by atoms with Crippen molar-refractivity contribution in [2.75, 3.05) is 0 Å². The lowest BCUT2D eigenvalue weighted by Crippen LogP contribution is -2.20. The Kier molecular flexibility index (Phi) is 5.04. The van der Waals surface area contributed by atoms with Gasteiger partial charge in [0.05, 0.1) is 5.60 Å². The molecule has 0 aliphatic rings. The molecule has 0 fully saturated rings. The third-order valence-corrected chi connectivity index (χ3v) is 2.03. The van der Waals surface area contributed by atoms with Gasteiger partial charge in [0.15, 0.2) is 0 Å². The molecule has 0 radical (unpaired) electrons. The Morgan fingerprint density at radius 2 is 2.08 bits per heavy atom. The number of halogens is 1. The van der Waals surface area contributed by atoms with Crippen molar-refractivity contribution in [2.45, 2.75) is 32.8 Å². The Labute approximate surface area is 85.4 Å². The minimum absolute atomic E-state index is 0.732. The topological polar surface area (TPSA) is 20.2 Å². The van der Waals surface area contributed by atoms with Crippen LogP contribution in [0.2, 0.25) is 0 Å². The molecule has 0 amide bonds. The van der Waals surface area contributed by atoms with Gasteiger partial charge in [0.2, 0.25) is 0 Å². The summed E-state index contributed by atoms with van der Waals surface area (Å²) in [5.41, 5.74) is -0.0990. The number of hydrogen-bond acceptors (Lipinski definition) is 1. The first-order valence-electron chi connectivity index (χ1n) is 4.33. The maximum Gasteiger partial charge on any atom is 0.0840 e. The van der Waals surface area contributed by atoms with E-state index in [-0.39, 0.29) is 0 Å². The fraction of sp³-hybridized carbons (Fsp3) is 0.455. The van der Waals surface area contributed by atoms with Gasteiger partial charge in [-0.15, -0.1) is 0 Å². The smallest absolute Gasteiger partial charge is 0.0840 e. The molecule has 1 N–H and O–H groups in total. The van der Waals surface area contributed by atoms with Crippen molar-refractivity contribution in [1.82, 2.24) is 0 Å². The van der Waals surface area contributed by atoms with Crippen LogP contribution in [0.4, 0.5) is 0 Å². The normalized spacial score (nSPS) is 14.5. The average Bonchev–Trinajstić information content (AvgIpc) is 2.01. The Bertz CT molecular complexity index is 231. The summed E-state index contributed by atoms with van der Waals surface area (Å²) in [5.74, 6) is 0. The van der Waals surface area contributed by atoms with Gasteiger partial charge in [0.25, 0.3) is 0 Å². The largest absolute Gasteiger partial charge is 0.386 e. The standard InChI is InChI=1S/C11H17ClO/c1-5-7-9(11(3,4)13)8-10(12)6-2/h5,7-8,13H,1,6H2,2-4H3/b9-7+,10-8+. The van der Waals surface area contributed by atoms with Gasteiger partial charge in [-0.3, -0.25) is 0 Å². The Morgan fingerprint density at radius 3 is 2.38 bits per heavy atom. The van der Waals surface area contributed by atoms with E-state index in [1.807, 2.05) is 6.92 Å². The highest BCUT2D eigenvalue weighted by Gasteiger charge is 2.16. The quantitative estimate of drug-likeness (QED) is 0.690. The fourth-order valence-corrected chi connectivity index (χ4v) is 0.944. The van der Waals surface area contributed by atoms with Crippen molar-refractivity contribution < 1.29 is 5.11 Å². The van der Waals surface area contributed by atoms with Crippen molar-refractivity contribution >= 4 is 11.6 Å². The Hall–Kier alpha value is -0.530. The lowest BCUT2D eigenvalue weighted by Gasteiger charge is -2.19. The summed E-state index contributed by atoms with van der Waals surface area (Å²) in [6.07, 6.45) is 5.96.